The van der Waals surface area contributed by atoms with Crippen molar-refractivity contribution in [2.24, 2.45) is 4.99 Å². The average molecular weight is 444 g/mol. The van der Waals surface area contributed by atoms with Crippen LogP contribution in [0.3, 0.4) is 0 Å². The highest BCUT2D eigenvalue weighted by molar-refractivity contribution is 5.99. The van der Waals surface area contributed by atoms with Crippen molar-refractivity contribution < 1.29 is 23.9 Å². The van der Waals surface area contributed by atoms with Gasteiger partial charge in [-0.1, -0.05) is 24.3 Å². The molecule has 0 unspecified atom stereocenters. The van der Waals surface area contributed by atoms with Crippen molar-refractivity contribution in [3.63, 3.8) is 0 Å². The predicted octanol–water partition coefficient (Wildman–Crippen LogP) is 4.71. The molecule has 1 heterocycles. The fourth-order valence-corrected chi connectivity index (χ4v) is 3.08. The van der Waals surface area contributed by atoms with Crippen LogP contribution in [0.4, 0.5) is 9.59 Å². The van der Waals surface area contributed by atoms with Crippen molar-refractivity contribution >= 4 is 30.0 Å². The summed E-state index contributed by atoms with van der Waals surface area (Å²) < 4.78 is 10.6. The summed E-state index contributed by atoms with van der Waals surface area (Å²) in [5.74, 6) is 0.0799. The predicted molar refractivity (Wildman–Crippen MR) is 124 cm³/mol. The lowest BCUT2D eigenvalue weighted by Crippen LogP contribution is -2.48. The molecule has 0 radical (unpaired) electrons. The van der Waals surface area contributed by atoms with Crippen LogP contribution in [0.25, 0.3) is 5.57 Å². The van der Waals surface area contributed by atoms with Gasteiger partial charge in [-0.3, -0.25) is 10.1 Å². The Balaban J connectivity index is 2.22. The molecule has 1 N–H and O–H groups in total. The molecule has 8 heteroatoms. The molecule has 0 atom stereocenters. The first-order valence-corrected chi connectivity index (χ1v) is 10.6. The van der Waals surface area contributed by atoms with Crippen LogP contribution in [-0.2, 0) is 9.47 Å². The van der Waals surface area contributed by atoms with E-state index >= 15 is 0 Å². The Morgan fingerprint density at radius 2 is 1.75 bits per heavy atom. The smallest absolute Gasteiger partial charge is 0.437 e. The number of guanidine groups is 1. The Bertz CT molecular complexity index is 936. The molecule has 0 fully saturated rings. The summed E-state index contributed by atoms with van der Waals surface area (Å²) in [4.78, 5) is 41.5. The fraction of sp³-hybridized carbons (Fsp3) is 0.500. The van der Waals surface area contributed by atoms with Crippen molar-refractivity contribution in [2.75, 3.05) is 13.1 Å². The Morgan fingerprint density at radius 3 is 2.25 bits per heavy atom. The number of aryl methyl sites for hydroxylation is 1. The van der Waals surface area contributed by atoms with E-state index in [2.05, 4.69) is 10.3 Å². The van der Waals surface area contributed by atoms with E-state index in [0.29, 0.717) is 25.1 Å². The zero-order valence-corrected chi connectivity index (χ0v) is 19.9. The average Bonchev–Trinajstić information content (AvgIpc) is 2.64. The van der Waals surface area contributed by atoms with Gasteiger partial charge in [0, 0.05) is 18.7 Å². The molecular weight excluding hydrogens is 410 g/mol. The summed E-state index contributed by atoms with van der Waals surface area (Å²) in [6, 6.07) is 5.72. The first-order chi connectivity index (χ1) is 14.8. The minimum Gasteiger partial charge on any atom is -0.444 e. The van der Waals surface area contributed by atoms with Crippen LogP contribution in [0.5, 0.6) is 0 Å². The number of carbonyl (C=O) groups is 3. The van der Waals surface area contributed by atoms with E-state index < -0.39 is 23.4 Å². The van der Waals surface area contributed by atoms with E-state index in [1.807, 2.05) is 31.2 Å². The van der Waals surface area contributed by atoms with Gasteiger partial charge < -0.3 is 14.4 Å². The van der Waals surface area contributed by atoms with E-state index in [1.54, 1.807) is 46.4 Å². The summed E-state index contributed by atoms with van der Waals surface area (Å²) in [5, 5.41) is 2.58. The number of amides is 2. The van der Waals surface area contributed by atoms with E-state index in [4.69, 9.17) is 9.47 Å². The standard InChI is InChI=1S/C24H33N3O5/c1-16-14-18(8-9-19(16)15-28)17-10-12-27(13-11-17)20(25-21(29)31-23(2,3)4)26-22(30)32-24(5,6)7/h8-10,14-15H,11-13H2,1-7H3,(H,25,26,29,30). The van der Waals surface area contributed by atoms with E-state index in [-0.39, 0.29) is 5.96 Å². The molecule has 1 aliphatic rings. The van der Waals surface area contributed by atoms with Crippen LogP contribution in [0.1, 0.15) is 69.4 Å². The van der Waals surface area contributed by atoms with Crippen LogP contribution < -0.4 is 5.32 Å². The molecule has 1 aromatic rings. The van der Waals surface area contributed by atoms with Gasteiger partial charge in [0.05, 0.1) is 0 Å². The van der Waals surface area contributed by atoms with Crippen molar-refractivity contribution in [1.29, 1.82) is 0 Å². The third-order valence-corrected chi connectivity index (χ3v) is 4.48. The zero-order chi connectivity index (χ0) is 24.1. The summed E-state index contributed by atoms with van der Waals surface area (Å²) in [6.45, 7) is 13.4. The molecule has 0 saturated heterocycles. The maximum absolute atomic E-state index is 12.3. The van der Waals surface area contributed by atoms with E-state index in [9.17, 15) is 14.4 Å². The molecular formula is C24H33N3O5. The Morgan fingerprint density at radius 1 is 1.09 bits per heavy atom. The first-order valence-electron chi connectivity index (χ1n) is 10.6. The number of alkyl carbamates (subject to hydrolysis) is 1. The normalized spacial score (nSPS) is 15.0. The van der Waals surface area contributed by atoms with Gasteiger partial charge in [-0.2, -0.15) is 0 Å². The lowest BCUT2D eigenvalue weighted by Gasteiger charge is -2.30. The van der Waals surface area contributed by atoms with E-state index in [1.165, 1.54) is 0 Å². The maximum Gasteiger partial charge on any atom is 0.437 e. The molecule has 1 aliphatic heterocycles. The van der Waals surface area contributed by atoms with Gasteiger partial charge in [0.25, 0.3) is 0 Å². The lowest BCUT2D eigenvalue weighted by atomic mass is 9.96. The van der Waals surface area contributed by atoms with Gasteiger partial charge in [0.1, 0.15) is 17.5 Å². The highest BCUT2D eigenvalue weighted by Crippen LogP contribution is 2.24. The Kier molecular flexibility index (Phi) is 7.83. The SMILES string of the molecule is Cc1cc(C2=CCN(C(=NC(=O)OC(C)(C)C)NC(=O)OC(C)(C)C)CC2)ccc1C=O. The molecule has 8 nitrogen and oxygen atoms in total. The van der Waals surface area contributed by atoms with Crippen LogP contribution in [0, 0.1) is 6.92 Å². The minimum atomic E-state index is -0.793. The molecule has 2 amide bonds. The van der Waals surface area contributed by atoms with Gasteiger partial charge in [-0.15, -0.1) is 4.99 Å². The van der Waals surface area contributed by atoms with Crippen molar-refractivity contribution in [2.45, 2.75) is 66.1 Å². The molecule has 174 valence electrons. The molecule has 0 aromatic heterocycles. The van der Waals surface area contributed by atoms with Crippen LogP contribution in [-0.4, -0.2) is 53.6 Å². The number of ether oxygens (including phenoxy) is 2. The van der Waals surface area contributed by atoms with Gasteiger partial charge in [-0.25, -0.2) is 9.59 Å². The number of aliphatic imine (C=N–C) groups is 1. The summed E-state index contributed by atoms with van der Waals surface area (Å²) in [7, 11) is 0. The van der Waals surface area contributed by atoms with Gasteiger partial charge >= 0.3 is 12.2 Å². The van der Waals surface area contributed by atoms with Gasteiger partial charge in [0.15, 0.2) is 0 Å². The van der Waals surface area contributed by atoms with Gasteiger partial charge in [-0.05, 0) is 71.6 Å². The fourth-order valence-electron chi connectivity index (χ4n) is 3.08. The summed E-state index contributed by atoms with van der Waals surface area (Å²) >= 11 is 0. The third-order valence-electron chi connectivity index (χ3n) is 4.48. The molecule has 0 spiro atoms. The number of hydrogen-bond donors (Lipinski definition) is 1. The van der Waals surface area contributed by atoms with Crippen LogP contribution in [0.15, 0.2) is 29.3 Å². The number of benzene rings is 1. The van der Waals surface area contributed by atoms with E-state index in [0.717, 1.165) is 23.0 Å². The van der Waals surface area contributed by atoms with Crippen LogP contribution >= 0.6 is 0 Å². The molecule has 0 aliphatic carbocycles. The number of nitrogens with one attached hydrogen (secondary N) is 1. The number of rotatable bonds is 2. The Labute approximate surface area is 189 Å². The molecule has 1 aromatic carbocycles. The second-order valence-electron chi connectivity index (χ2n) is 9.66. The highest BCUT2D eigenvalue weighted by atomic mass is 16.6. The zero-order valence-electron chi connectivity index (χ0n) is 19.9. The second kappa shape index (κ2) is 9.97. The Hall–Kier alpha value is -3.16. The molecule has 0 bridgehead atoms. The number of aldehydes is 1. The number of nitrogens with zero attached hydrogens (tertiary/aromatic N) is 2. The van der Waals surface area contributed by atoms with Crippen molar-refractivity contribution in [3.8, 4) is 0 Å². The quantitative estimate of drug-likeness (QED) is 0.404. The van der Waals surface area contributed by atoms with Crippen molar-refractivity contribution in [1.82, 2.24) is 10.2 Å². The molecule has 32 heavy (non-hydrogen) atoms. The number of carbonyl (C=O) groups excluding carboxylic acids is 3. The maximum atomic E-state index is 12.3. The summed E-state index contributed by atoms with van der Waals surface area (Å²) in [6.07, 6.45) is 2.04. The molecule has 0 saturated carbocycles. The number of hydrogen-bond acceptors (Lipinski definition) is 5. The second-order valence-corrected chi connectivity index (χ2v) is 9.66. The largest absolute Gasteiger partial charge is 0.444 e. The van der Waals surface area contributed by atoms with Gasteiger partial charge in [0.2, 0.25) is 5.96 Å². The topological polar surface area (TPSA) is 97.3 Å². The van der Waals surface area contributed by atoms with Crippen molar-refractivity contribution in [3.05, 3.63) is 41.0 Å². The molecule has 2 rings (SSSR count). The summed E-state index contributed by atoms with van der Waals surface area (Å²) in [5.41, 5.74) is 2.34. The monoisotopic (exact) mass is 443 g/mol. The lowest BCUT2D eigenvalue weighted by molar-refractivity contribution is 0.0555. The minimum absolute atomic E-state index is 0.0799. The first kappa shape index (κ1) is 25.1. The third kappa shape index (κ3) is 7.83. The highest BCUT2D eigenvalue weighted by Gasteiger charge is 2.24. The van der Waals surface area contributed by atoms with Crippen LogP contribution in [0.2, 0.25) is 0 Å².